The number of ether oxygens (including phenoxy) is 1. The third kappa shape index (κ3) is 5.70. The molecular weight excluding hydrogens is 444 g/mol. The van der Waals surface area contributed by atoms with Crippen LogP contribution in [-0.2, 0) is 9.59 Å². The van der Waals surface area contributed by atoms with E-state index in [9.17, 15) is 9.59 Å². The molecule has 0 saturated heterocycles. The van der Waals surface area contributed by atoms with Gasteiger partial charge >= 0.3 is 0 Å². The summed E-state index contributed by atoms with van der Waals surface area (Å²) in [6.07, 6.45) is 3.10. The van der Waals surface area contributed by atoms with Crippen molar-refractivity contribution < 1.29 is 14.3 Å². The topological polar surface area (TPSA) is 67.4 Å². The molecule has 0 unspecified atom stereocenters. The zero-order valence-corrected chi connectivity index (χ0v) is 18.4. The van der Waals surface area contributed by atoms with Crippen LogP contribution in [0.4, 0.5) is 0 Å². The highest BCUT2D eigenvalue weighted by Crippen LogP contribution is 2.28. The van der Waals surface area contributed by atoms with Gasteiger partial charge in [-0.1, -0.05) is 62.4 Å². The molecule has 0 aliphatic rings. The van der Waals surface area contributed by atoms with Gasteiger partial charge in [0.2, 0.25) is 0 Å². The molecule has 2 N–H and O–H groups in total. The fourth-order valence-corrected chi connectivity index (χ4v) is 3.42. The number of fused-ring (bicyclic) bond motifs is 1. The van der Waals surface area contributed by atoms with E-state index < -0.39 is 11.8 Å². The van der Waals surface area contributed by atoms with Gasteiger partial charge < -0.3 is 4.74 Å². The van der Waals surface area contributed by atoms with Gasteiger partial charge in [0.1, 0.15) is 5.75 Å². The molecule has 2 amide bonds. The summed E-state index contributed by atoms with van der Waals surface area (Å²) in [5.41, 5.74) is 6.80. The third-order valence-corrected chi connectivity index (χ3v) is 5.16. The van der Waals surface area contributed by atoms with Crippen LogP contribution in [0.1, 0.15) is 30.9 Å². The Bertz CT molecular complexity index is 1090. The van der Waals surface area contributed by atoms with E-state index in [1.165, 1.54) is 11.6 Å². The Hall–Kier alpha value is -3.12. The normalized spacial score (nSPS) is 11.1. The lowest BCUT2D eigenvalue weighted by atomic mass is 10.0. The number of hydrogen-bond acceptors (Lipinski definition) is 3. The molecular formula is C24H23BrN2O3. The average Bonchev–Trinajstić information content (AvgIpc) is 2.75. The van der Waals surface area contributed by atoms with E-state index in [1.807, 2.05) is 60.7 Å². The highest BCUT2D eigenvalue weighted by atomic mass is 79.9. The summed E-state index contributed by atoms with van der Waals surface area (Å²) in [6.45, 7) is 3.99. The maximum Gasteiger partial charge on any atom is 0.276 e. The number of hydrazine groups is 1. The molecule has 6 heteroatoms. The number of amides is 2. The molecule has 5 nitrogen and oxygen atoms in total. The molecule has 154 valence electrons. The predicted octanol–water partition coefficient (Wildman–Crippen LogP) is 4.97. The van der Waals surface area contributed by atoms with Gasteiger partial charge in [-0.2, -0.15) is 0 Å². The number of carbonyl (C=O) groups excluding carboxylic acids is 2. The minimum atomic E-state index is -0.457. The van der Waals surface area contributed by atoms with Crippen LogP contribution in [-0.4, -0.2) is 18.4 Å². The number of nitrogens with one attached hydrogen (secondary N) is 2. The third-order valence-electron chi connectivity index (χ3n) is 4.54. The Morgan fingerprint density at radius 2 is 1.80 bits per heavy atom. The number of rotatable bonds is 6. The second kappa shape index (κ2) is 10.1. The lowest BCUT2D eigenvalue weighted by Gasteiger charge is -2.11. The maximum absolute atomic E-state index is 12.0. The van der Waals surface area contributed by atoms with Gasteiger partial charge in [-0.15, -0.1) is 0 Å². The average molecular weight is 467 g/mol. The molecule has 0 spiro atoms. The van der Waals surface area contributed by atoms with Crippen LogP contribution in [0, 0.1) is 0 Å². The lowest BCUT2D eigenvalue weighted by Crippen LogP contribution is -2.43. The summed E-state index contributed by atoms with van der Waals surface area (Å²) in [6, 6.07) is 19.6. The molecule has 30 heavy (non-hydrogen) atoms. The van der Waals surface area contributed by atoms with E-state index in [1.54, 1.807) is 6.08 Å². The maximum atomic E-state index is 12.0. The van der Waals surface area contributed by atoms with Crippen LogP contribution in [0.5, 0.6) is 5.75 Å². The Kier molecular flexibility index (Phi) is 7.25. The lowest BCUT2D eigenvalue weighted by molar-refractivity contribution is -0.128. The van der Waals surface area contributed by atoms with Crippen LogP contribution in [0.15, 0.2) is 71.2 Å². The number of hydrogen-bond donors (Lipinski definition) is 2. The van der Waals surface area contributed by atoms with Crippen molar-refractivity contribution >= 4 is 44.6 Å². The first-order valence-corrected chi connectivity index (χ1v) is 10.4. The summed E-state index contributed by atoms with van der Waals surface area (Å²) in [5.74, 6) is 0.0769. The summed E-state index contributed by atoms with van der Waals surface area (Å²) in [5, 5.41) is 2.15. The molecule has 0 aliphatic carbocycles. The summed E-state index contributed by atoms with van der Waals surface area (Å²) >= 11 is 3.45. The fourth-order valence-electron chi connectivity index (χ4n) is 2.91. The SMILES string of the molecule is CC(C)c1ccc(OCC(=O)NNC(=O)C=Cc2cccc3ccccc23)c(Br)c1. The Morgan fingerprint density at radius 1 is 1.03 bits per heavy atom. The van der Waals surface area contributed by atoms with E-state index in [4.69, 9.17) is 4.74 Å². The van der Waals surface area contributed by atoms with Crippen LogP contribution in [0.2, 0.25) is 0 Å². The van der Waals surface area contributed by atoms with Gasteiger partial charge in [-0.25, -0.2) is 0 Å². The molecule has 0 bridgehead atoms. The van der Waals surface area contributed by atoms with Crippen LogP contribution in [0.25, 0.3) is 16.8 Å². The van der Waals surface area contributed by atoms with Gasteiger partial charge in [-0.3, -0.25) is 20.4 Å². The van der Waals surface area contributed by atoms with Gasteiger partial charge in [0, 0.05) is 6.08 Å². The summed E-state index contributed by atoms with van der Waals surface area (Å²) in [7, 11) is 0. The quantitative estimate of drug-likeness (QED) is 0.398. The highest BCUT2D eigenvalue weighted by Gasteiger charge is 2.08. The fraction of sp³-hybridized carbons (Fsp3) is 0.167. The molecule has 0 saturated carbocycles. The first-order valence-electron chi connectivity index (χ1n) is 9.61. The van der Waals surface area contributed by atoms with E-state index in [2.05, 4.69) is 40.6 Å². The first-order chi connectivity index (χ1) is 14.4. The number of halogens is 1. The van der Waals surface area contributed by atoms with Gasteiger partial charge in [0.05, 0.1) is 4.47 Å². The smallest absolute Gasteiger partial charge is 0.276 e. The second-order valence-electron chi connectivity index (χ2n) is 7.07. The largest absolute Gasteiger partial charge is 0.483 e. The Balaban J connectivity index is 1.50. The van der Waals surface area contributed by atoms with Crippen molar-refractivity contribution in [3.05, 3.63) is 82.3 Å². The summed E-state index contributed by atoms with van der Waals surface area (Å²) in [4.78, 5) is 24.0. The monoisotopic (exact) mass is 466 g/mol. The van der Waals surface area contributed by atoms with E-state index in [0.29, 0.717) is 11.7 Å². The number of benzene rings is 3. The zero-order valence-electron chi connectivity index (χ0n) is 16.8. The second-order valence-corrected chi connectivity index (χ2v) is 7.93. The molecule has 3 rings (SSSR count). The number of carbonyl (C=O) groups is 2. The summed E-state index contributed by atoms with van der Waals surface area (Å²) < 4.78 is 6.30. The van der Waals surface area contributed by atoms with Crippen molar-refractivity contribution in [1.29, 1.82) is 0 Å². The van der Waals surface area contributed by atoms with Crippen LogP contribution < -0.4 is 15.6 Å². The van der Waals surface area contributed by atoms with Crippen molar-refractivity contribution in [3.8, 4) is 5.75 Å². The van der Waals surface area contributed by atoms with E-state index in [-0.39, 0.29) is 6.61 Å². The molecule has 0 fully saturated rings. The molecule has 0 aliphatic heterocycles. The minimum absolute atomic E-state index is 0.215. The van der Waals surface area contributed by atoms with Gasteiger partial charge in [0.25, 0.3) is 11.8 Å². The van der Waals surface area contributed by atoms with E-state index >= 15 is 0 Å². The molecule has 3 aromatic carbocycles. The van der Waals surface area contributed by atoms with Gasteiger partial charge in [0.15, 0.2) is 6.61 Å². The standard InChI is InChI=1S/C24H23BrN2O3/c1-16(2)19-10-12-22(21(25)14-19)30-15-24(29)27-26-23(28)13-11-18-8-5-7-17-6-3-4-9-20(17)18/h3-14,16H,15H2,1-2H3,(H,26,28)(H,27,29). The van der Waals surface area contributed by atoms with Crippen molar-refractivity contribution in [2.24, 2.45) is 0 Å². The Morgan fingerprint density at radius 3 is 2.57 bits per heavy atom. The molecule has 3 aromatic rings. The zero-order chi connectivity index (χ0) is 21.5. The van der Waals surface area contributed by atoms with Crippen molar-refractivity contribution in [2.45, 2.75) is 19.8 Å². The Labute approximate surface area is 184 Å². The van der Waals surface area contributed by atoms with Crippen molar-refractivity contribution in [1.82, 2.24) is 10.9 Å². The van der Waals surface area contributed by atoms with Crippen LogP contribution >= 0.6 is 15.9 Å². The minimum Gasteiger partial charge on any atom is -0.483 e. The highest BCUT2D eigenvalue weighted by molar-refractivity contribution is 9.10. The van der Waals surface area contributed by atoms with Crippen LogP contribution in [0.3, 0.4) is 0 Å². The van der Waals surface area contributed by atoms with Gasteiger partial charge in [-0.05, 0) is 62.0 Å². The van der Waals surface area contributed by atoms with E-state index in [0.717, 1.165) is 20.8 Å². The molecule has 0 atom stereocenters. The molecule has 0 radical (unpaired) electrons. The predicted molar refractivity (Wildman–Crippen MR) is 123 cm³/mol. The molecule has 0 aromatic heterocycles. The first kappa shape index (κ1) is 21.6. The van der Waals surface area contributed by atoms with Crippen molar-refractivity contribution in [2.75, 3.05) is 6.61 Å². The van der Waals surface area contributed by atoms with Crippen molar-refractivity contribution in [3.63, 3.8) is 0 Å². The molecule has 0 heterocycles.